The standard InChI is InChI=1S/3C26H33ClN2O6.C26H34N2O6/c2*1-17-9-5-3-6-10-18(2)35-26(33)24-20(25(27)22(31)15-21(24)30)14-19(13-17)28-34-16-23(32)29-11-7-4-8-12-29;1-33-22-17-21(30)24-20(25(22)27)16-19(28-35-18-23(31)29-13-9-7-10-14-29)12-8-5-3-2-4-6-11-15-34-26(24)32;1-18-9-5-3-6-10-19(2)34-26(32)25-20(15-22(29)16-23(25)30)14-21(13-18)27-33-17-24(31)28-11-7-4-8-12-28/h2*3,6,13,15,18,30-31H,4-5,7-12,14,16H2,1-2H3;2,4,8,12,17,30H,3,5-7,9-11,13-16,18H2,1H3;3,6,13,15-16,19,29-30H,4-5,7-12,14,17H2,1-2H3/b6-3+,17-13+,28-19+;6-3+,17-13+,28-19-;4-2+,12-8+,28-19+;6-3+,18-13+,27-21-/t2*18-;;19-/m11.1/s1. The Labute approximate surface area is 827 Å². The molecular formula is C104H133Cl3N8O24. The summed E-state index contributed by atoms with van der Waals surface area (Å²) >= 11 is 19.3. The van der Waals surface area contributed by atoms with Crippen LogP contribution in [0.25, 0.3) is 0 Å². The third-order valence-electron chi connectivity index (χ3n) is 23.8. The van der Waals surface area contributed by atoms with Crippen molar-refractivity contribution in [3.8, 4) is 46.0 Å². The van der Waals surface area contributed by atoms with Gasteiger partial charge < -0.3 is 98.4 Å². The first-order valence-electron chi connectivity index (χ1n) is 47.9. The van der Waals surface area contributed by atoms with Gasteiger partial charge in [-0.2, -0.15) is 0 Å². The number of phenolic OH excluding ortho intramolecular Hbond substituents is 7. The maximum atomic E-state index is 12.9. The van der Waals surface area contributed by atoms with Crippen LogP contribution in [0.1, 0.15) is 266 Å². The number of allylic oxidation sites excluding steroid dienone is 13. The van der Waals surface area contributed by atoms with Crippen molar-refractivity contribution < 1.29 is 117 Å². The number of phenols is 7. The highest BCUT2D eigenvalue weighted by Crippen LogP contribution is 2.42. The van der Waals surface area contributed by atoms with E-state index in [2.05, 4.69) is 32.8 Å². The van der Waals surface area contributed by atoms with Gasteiger partial charge in [-0.15, -0.1) is 0 Å². The largest absolute Gasteiger partial charge is 0.508 e. The fraction of sp³-hybridized carbons (Fsp3) is 0.500. The van der Waals surface area contributed by atoms with E-state index in [-0.39, 0.29) is 171 Å². The summed E-state index contributed by atoms with van der Waals surface area (Å²) < 4.78 is 27.2. The molecule has 32 nitrogen and oxygen atoms in total. The molecule has 12 rings (SSSR count). The van der Waals surface area contributed by atoms with Gasteiger partial charge >= 0.3 is 23.9 Å². The van der Waals surface area contributed by atoms with Gasteiger partial charge in [-0.25, -0.2) is 19.2 Å². The van der Waals surface area contributed by atoms with Crippen molar-refractivity contribution in [3.05, 3.63) is 186 Å². The average Bonchev–Trinajstić information content (AvgIpc) is 0.948. The Morgan fingerprint density at radius 3 is 1.09 bits per heavy atom. The molecule has 0 bridgehead atoms. The van der Waals surface area contributed by atoms with E-state index in [0.717, 1.165) is 196 Å². The van der Waals surface area contributed by atoms with Crippen LogP contribution in [0.15, 0.2) is 147 Å². The molecule has 8 aliphatic rings. The van der Waals surface area contributed by atoms with Gasteiger partial charge in [0.15, 0.2) is 26.4 Å². The molecule has 0 aliphatic carbocycles. The quantitative estimate of drug-likeness (QED) is 0.0283. The number of carbonyl (C=O) groups excluding carboxylic acids is 8. The molecule has 3 atom stereocenters. The van der Waals surface area contributed by atoms with Crippen LogP contribution in [0, 0.1) is 0 Å². The van der Waals surface area contributed by atoms with Crippen LogP contribution in [-0.4, -0.2) is 237 Å². The molecule has 139 heavy (non-hydrogen) atoms. The number of piperidine rings is 4. The van der Waals surface area contributed by atoms with Gasteiger partial charge in [-0.1, -0.05) is 127 Å². The summed E-state index contributed by atoms with van der Waals surface area (Å²) in [4.78, 5) is 130. The molecule has 0 radical (unpaired) electrons. The number of esters is 4. The van der Waals surface area contributed by atoms with Crippen LogP contribution in [0.2, 0.25) is 15.1 Å². The van der Waals surface area contributed by atoms with Crippen molar-refractivity contribution in [2.24, 2.45) is 20.6 Å². The Hall–Kier alpha value is -12.3. The second kappa shape index (κ2) is 57.9. The topological polar surface area (TPSA) is 424 Å². The number of cyclic esters (lactones) is 4. The highest BCUT2D eigenvalue weighted by molar-refractivity contribution is 6.35. The van der Waals surface area contributed by atoms with Gasteiger partial charge in [-0.05, 0) is 235 Å². The molecule has 4 saturated heterocycles. The van der Waals surface area contributed by atoms with Crippen LogP contribution in [0.3, 0.4) is 0 Å². The Bertz CT molecular complexity index is 5130. The number of aromatic hydroxyl groups is 7. The van der Waals surface area contributed by atoms with Gasteiger partial charge in [0.2, 0.25) is 0 Å². The third-order valence-corrected chi connectivity index (χ3v) is 25.1. The second-order valence-corrected chi connectivity index (χ2v) is 36.5. The molecule has 0 spiro atoms. The van der Waals surface area contributed by atoms with Crippen molar-refractivity contribution in [2.75, 3.05) is 92.5 Å². The minimum atomic E-state index is -0.751. The van der Waals surface area contributed by atoms with E-state index in [9.17, 15) is 74.1 Å². The van der Waals surface area contributed by atoms with Crippen LogP contribution in [0.5, 0.6) is 46.0 Å². The number of carbonyl (C=O) groups is 8. The molecule has 35 heteroatoms. The van der Waals surface area contributed by atoms with E-state index in [1.807, 2.05) is 69.4 Å². The number of likely N-dealkylation sites (tertiary alicyclic amines) is 4. The third kappa shape index (κ3) is 36.1. The minimum Gasteiger partial charge on any atom is -0.508 e. The number of hydrogen-bond donors (Lipinski definition) is 7. The van der Waals surface area contributed by atoms with E-state index in [1.54, 1.807) is 58.6 Å². The molecule has 0 unspecified atom stereocenters. The first kappa shape index (κ1) is 110. The number of methoxy groups -OCH3 is 1. The highest BCUT2D eigenvalue weighted by Gasteiger charge is 2.32. The Morgan fingerprint density at radius 2 is 0.691 bits per heavy atom. The van der Waals surface area contributed by atoms with Crippen LogP contribution >= 0.6 is 34.8 Å². The summed E-state index contributed by atoms with van der Waals surface area (Å²) in [6.07, 6.45) is 46.1. The van der Waals surface area contributed by atoms with E-state index in [4.69, 9.17) is 77.8 Å². The molecule has 8 aliphatic heterocycles. The molecule has 7 N–H and O–H groups in total. The Morgan fingerprint density at radius 1 is 0.367 bits per heavy atom. The summed E-state index contributed by atoms with van der Waals surface area (Å²) in [6.45, 7) is 16.5. The predicted octanol–water partition coefficient (Wildman–Crippen LogP) is 18.9. The lowest BCUT2D eigenvalue weighted by Gasteiger charge is -2.26. The monoisotopic (exact) mass is 1980 g/mol. The maximum Gasteiger partial charge on any atom is 0.342 e. The van der Waals surface area contributed by atoms with E-state index in [0.29, 0.717) is 85.8 Å². The second-order valence-electron chi connectivity index (χ2n) is 35.4. The summed E-state index contributed by atoms with van der Waals surface area (Å²) in [5.41, 5.74) is 5.45. The molecule has 0 aromatic heterocycles. The molecule has 4 fully saturated rings. The zero-order chi connectivity index (χ0) is 100. The molecular weight excluding hydrogens is 1850 g/mol. The van der Waals surface area contributed by atoms with Crippen LogP contribution < -0.4 is 4.74 Å². The Balaban J connectivity index is 0.000000207. The molecule has 0 saturated carbocycles. The first-order valence-corrected chi connectivity index (χ1v) is 49.0. The van der Waals surface area contributed by atoms with Gasteiger partial charge in [-0.3, -0.25) is 19.2 Å². The smallest absolute Gasteiger partial charge is 0.342 e. The average molecular weight is 1990 g/mol. The number of benzene rings is 4. The van der Waals surface area contributed by atoms with E-state index < -0.39 is 47.6 Å². The molecule has 4 aromatic carbocycles. The van der Waals surface area contributed by atoms with Crippen molar-refractivity contribution in [2.45, 2.75) is 246 Å². The lowest BCUT2D eigenvalue weighted by molar-refractivity contribution is -0.137. The molecule has 8 heterocycles. The number of nitrogens with zero attached hydrogens (tertiary/aromatic N) is 8. The maximum absolute atomic E-state index is 12.9. The number of oxime groups is 4. The highest BCUT2D eigenvalue weighted by atomic mass is 35.5. The summed E-state index contributed by atoms with van der Waals surface area (Å²) in [6, 6.07) is 5.84. The fourth-order valence-electron chi connectivity index (χ4n) is 16.4. The molecule has 4 aromatic rings. The van der Waals surface area contributed by atoms with Gasteiger partial charge in [0, 0.05) is 122 Å². The summed E-state index contributed by atoms with van der Waals surface area (Å²) in [7, 11) is 1.43. The van der Waals surface area contributed by atoms with Crippen LogP contribution in [-0.2, 0) is 83.2 Å². The zero-order valence-corrected chi connectivity index (χ0v) is 82.9. The SMILES string of the molecule is C/C1=C\C(=N/OCC(=O)N2CCCCC2)Cc2c(Cl)c(O)cc(O)c2C(=O)O[C@H](C)C/C=C/CC1.C/C1=C\C(=N\OCC(=O)N2CCCCC2)Cc2c(Cl)c(O)cc(O)c2C(=O)O[C@H](C)C/C=C/CC1.C/C1=C\C(=N\OCC(=O)N2CCCCC2)Cc2cc(O)cc(O)c2C(=O)O[C@H](C)C/C=C/CC1.COc1cc(O)c2c(c1Cl)CC(=N/OCC(=O)N1CCCCC1)/C=C/CC/C=C/CCCOC2=O. The lowest BCUT2D eigenvalue weighted by atomic mass is 9.98. The Kier molecular flexibility index (Phi) is 46.0. The predicted molar refractivity (Wildman–Crippen MR) is 531 cm³/mol. The number of amides is 4. The van der Waals surface area contributed by atoms with Crippen molar-refractivity contribution >= 4 is 105 Å². The summed E-state index contributed by atoms with van der Waals surface area (Å²) in [5, 5.41) is 89.2. The number of halogens is 3. The van der Waals surface area contributed by atoms with E-state index >= 15 is 0 Å². The summed E-state index contributed by atoms with van der Waals surface area (Å²) in [5.74, 6) is -5.56. The van der Waals surface area contributed by atoms with Crippen molar-refractivity contribution in [1.82, 2.24) is 19.6 Å². The molecule has 754 valence electrons. The van der Waals surface area contributed by atoms with Crippen molar-refractivity contribution in [3.63, 3.8) is 0 Å². The van der Waals surface area contributed by atoms with Gasteiger partial charge in [0.25, 0.3) is 23.6 Å². The number of ether oxygens (including phenoxy) is 5. The van der Waals surface area contributed by atoms with Gasteiger partial charge in [0.05, 0.1) is 51.6 Å². The molecule has 4 amide bonds. The number of fused-ring (bicyclic) bond motifs is 4. The number of rotatable bonds is 13. The minimum absolute atomic E-state index is 0.0196. The zero-order valence-electron chi connectivity index (χ0n) is 80.6. The first-order chi connectivity index (χ1) is 66.9. The van der Waals surface area contributed by atoms with Gasteiger partial charge in [0.1, 0.15) is 86.6 Å². The van der Waals surface area contributed by atoms with Crippen LogP contribution in [0.4, 0.5) is 0 Å². The van der Waals surface area contributed by atoms with E-state index in [1.165, 1.54) is 19.2 Å². The number of hydrogen-bond acceptors (Lipinski definition) is 28. The lowest BCUT2D eigenvalue weighted by Crippen LogP contribution is -2.37. The fourth-order valence-corrected chi connectivity index (χ4v) is 17.1. The van der Waals surface area contributed by atoms with Crippen molar-refractivity contribution in [1.29, 1.82) is 0 Å². The normalized spacial score (nSPS) is 22.8.